The molecule has 0 spiro atoms. The van der Waals surface area contributed by atoms with Crippen LogP contribution in [0.2, 0.25) is 5.02 Å². The molecule has 0 fully saturated rings. The summed E-state index contributed by atoms with van der Waals surface area (Å²) in [5.74, 6) is 0.0927. The molecule has 164 valence electrons. The maximum atomic E-state index is 13.0. The van der Waals surface area contributed by atoms with Gasteiger partial charge >= 0.3 is 10.1 Å². The molecule has 0 aliphatic carbocycles. The van der Waals surface area contributed by atoms with E-state index in [-0.39, 0.29) is 24.0 Å². The van der Waals surface area contributed by atoms with Crippen molar-refractivity contribution >= 4 is 27.6 Å². The first-order valence-electron chi connectivity index (χ1n) is 9.32. The van der Waals surface area contributed by atoms with Crippen LogP contribution >= 0.6 is 11.6 Å². The quantitative estimate of drug-likeness (QED) is 0.507. The predicted molar refractivity (Wildman–Crippen MR) is 116 cm³/mol. The molecule has 0 aliphatic heterocycles. The standard InChI is InChI=1S/C21H26ClNO6S/c1-15(2)30(25,26)29-20-13-16(9-10-19(20)28-4)14-23(11-12-27-3)21(24)17-7-5-6-8-18(17)22/h5-10,13,15H,11-12,14H2,1-4H3. The second-order valence-corrected chi connectivity index (χ2v) is 9.31. The summed E-state index contributed by atoms with van der Waals surface area (Å²) in [7, 11) is -0.830. The third-order valence-electron chi connectivity index (χ3n) is 4.34. The number of benzene rings is 2. The minimum Gasteiger partial charge on any atom is -0.493 e. The van der Waals surface area contributed by atoms with Crippen LogP contribution in [-0.4, -0.2) is 51.8 Å². The zero-order valence-corrected chi connectivity index (χ0v) is 19.0. The van der Waals surface area contributed by atoms with Gasteiger partial charge in [0.05, 0.1) is 29.6 Å². The van der Waals surface area contributed by atoms with E-state index in [9.17, 15) is 13.2 Å². The third kappa shape index (κ3) is 6.10. The van der Waals surface area contributed by atoms with Gasteiger partial charge in [-0.1, -0.05) is 29.8 Å². The van der Waals surface area contributed by atoms with Crippen LogP contribution < -0.4 is 8.92 Å². The first kappa shape index (κ1) is 24.0. The Morgan fingerprint density at radius 3 is 2.40 bits per heavy atom. The van der Waals surface area contributed by atoms with Gasteiger partial charge in [0.25, 0.3) is 5.91 Å². The molecule has 0 atom stereocenters. The maximum absolute atomic E-state index is 13.0. The van der Waals surface area contributed by atoms with E-state index in [1.807, 2.05) is 0 Å². The zero-order valence-electron chi connectivity index (χ0n) is 17.4. The highest BCUT2D eigenvalue weighted by atomic mass is 35.5. The van der Waals surface area contributed by atoms with Crippen LogP contribution in [0.5, 0.6) is 11.5 Å². The SMILES string of the molecule is COCCN(Cc1ccc(OC)c(OS(=O)(=O)C(C)C)c1)C(=O)c1ccccc1Cl. The van der Waals surface area contributed by atoms with Crippen LogP contribution in [0.15, 0.2) is 42.5 Å². The summed E-state index contributed by atoms with van der Waals surface area (Å²) >= 11 is 6.19. The maximum Gasteiger partial charge on any atom is 0.311 e. The first-order chi connectivity index (χ1) is 14.2. The van der Waals surface area contributed by atoms with E-state index in [0.717, 1.165) is 0 Å². The lowest BCUT2D eigenvalue weighted by Crippen LogP contribution is -2.33. The average molecular weight is 456 g/mol. The molecule has 0 aliphatic rings. The fourth-order valence-corrected chi connectivity index (χ4v) is 3.37. The lowest BCUT2D eigenvalue weighted by Gasteiger charge is -2.23. The number of hydrogen-bond donors (Lipinski definition) is 0. The van der Waals surface area contributed by atoms with Crippen LogP contribution in [0, 0.1) is 0 Å². The molecule has 9 heteroatoms. The van der Waals surface area contributed by atoms with Gasteiger partial charge in [0.15, 0.2) is 11.5 Å². The number of methoxy groups -OCH3 is 2. The van der Waals surface area contributed by atoms with Gasteiger partial charge in [-0.05, 0) is 43.7 Å². The Labute approximate surface area is 182 Å². The molecular weight excluding hydrogens is 430 g/mol. The normalized spacial score (nSPS) is 11.4. The number of nitrogens with zero attached hydrogens (tertiary/aromatic N) is 1. The van der Waals surface area contributed by atoms with Crippen LogP contribution in [0.25, 0.3) is 0 Å². The molecule has 2 aromatic rings. The summed E-state index contributed by atoms with van der Waals surface area (Å²) in [6.45, 7) is 3.92. The van der Waals surface area contributed by atoms with Gasteiger partial charge in [-0.2, -0.15) is 8.42 Å². The second kappa shape index (κ2) is 10.7. The van der Waals surface area contributed by atoms with E-state index in [1.165, 1.54) is 21.0 Å². The minimum absolute atomic E-state index is 0.0700. The molecule has 0 radical (unpaired) electrons. The number of rotatable bonds is 10. The van der Waals surface area contributed by atoms with Gasteiger partial charge in [0.1, 0.15) is 0 Å². The number of halogens is 1. The van der Waals surface area contributed by atoms with E-state index in [4.69, 9.17) is 25.3 Å². The van der Waals surface area contributed by atoms with Crippen LogP contribution in [-0.2, 0) is 21.4 Å². The van der Waals surface area contributed by atoms with Crippen molar-refractivity contribution in [1.82, 2.24) is 4.90 Å². The fraction of sp³-hybridized carbons (Fsp3) is 0.381. The molecule has 0 saturated heterocycles. The van der Waals surface area contributed by atoms with Crippen molar-refractivity contribution < 1.29 is 26.9 Å². The van der Waals surface area contributed by atoms with E-state index in [0.29, 0.717) is 29.3 Å². The molecule has 0 unspecified atom stereocenters. The summed E-state index contributed by atoms with van der Waals surface area (Å²) in [6, 6.07) is 11.7. The number of ether oxygens (including phenoxy) is 2. The zero-order chi connectivity index (χ0) is 22.3. The molecule has 0 bridgehead atoms. The largest absolute Gasteiger partial charge is 0.493 e. The Hall–Kier alpha value is -2.29. The van der Waals surface area contributed by atoms with Crippen molar-refractivity contribution in [2.24, 2.45) is 0 Å². The molecule has 1 amide bonds. The number of hydrogen-bond acceptors (Lipinski definition) is 6. The number of carbonyl (C=O) groups is 1. The Kier molecular flexibility index (Phi) is 8.52. The Balaban J connectivity index is 2.34. The molecular formula is C21H26ClNO6S. The number of carbonyl (C=O) groups excluding carboxylic acids is 1. The molecule has 2 aromatic carbocycles. The van der Waals surface area contributed by atoms with Crippen molar-refractivity contribution in [3.8, 4) is 11.5 Å². The Bertz CT molecular complexity index is 977. The number of amides is 1. The van der Waals surface area contributed by atoms with Crippen LogP contribution in [0.3, 0.4) is 0 Å². The molecule has 0 N–H and O–H groups in total. The first-order valence-corrected chi connectivity index (χ1v) is 11.2. The van der Waals surface area contributed by atoms with E-state index < -0.39 is 15.4 Å². The third-order valence-corrected chi connectivity index (χ3v) is 6.24. The molecule has 2 rings (SSSR count). The molecule has 0 saturated carbocycles. The topological polar surface area (TPSA) is 82.1 Å². The lowest BCUT2D eigenvalue weighted by molar-refractivity contribution is 0.0680. The van der Waals surface area contributed by atoms with Gasteiger partial charge in [-0.3, -0.25) is 4.79 Å². The van der Waals surface area contributed by atoms with Gasteiger partial charge in [-0.15, -0.1) is 0 Å². The van der Waals surface area contributed by atoms with Crippen molar-refractivity contribution in [2.45, 2.75) is 25.6 Å². The second-order valence-electron chi connectivity index (χ2n) is 6.81. The highest BCUT2D eigenvalue weighted by Gasteiger charge is 2.22. The van der Waals surface area contributed by atoms with E-state index >= 15 is 0 Å². The highest BCUT2D eigenvalue weighted by molar-refractivity contribution is 7.87. The van der Waals surface area contributed by atoms with Gasteiger partial charge in [0, 0.05) is 20.2 Å². The van der Waals surface area contributed by atoms with Crippen LogP contribution in [0.4, 0.5) is 0 Å². The fourth-order valence-electron chi connectivity index (χ4n) is 2.59. The van der Waals surface area contributed by atoms with Crippen molar-refractivity contribution in [3.63, 3.8) is 0 Å². The van der Waals surface area contributed by atoms with Crippen molar-refractivity contribution in [1.29, 1.82) is 0 Å². The van der Waals surface area contributed by atoms with E-state index in [2.05, 4.69) is 0 Å². The highest BCUT2D eigenvalue weighted by Crippen LogP contribution is 2.31. The average Bonchev–Trinajstić information content (AvgIpc) is 2.70. The Morgan fingerprint density at radius 1 is 1.10 bits per heavy atom. The van der Waals surface area contributed by atoms with Gasteiger partial charge in [0.2, 0.25) is 0 Å². The van der Waals surface area contributed by atoms with Crippen molar-refractivity contribution in [2.75, 3.05) is 27.4 Å². The van der Waals surface area contributed by atoms with Gasteiger partial charge in [-0.25, -0.2) is 0 Å². The van der Waals surface area contributed by atoms with Crippen molar-refractivity contribution in [3.05, 3.63) is 58.6 Å². The summed E-state index contributed by atoms with van der Waals surface area (Å²) in [5, 5.41) is -0.363. The molecule has 30 heavy (non-hydrogen) atoms. The monoisotopic (exact) mass is 455 g/mol. The summed E-state index contributed by atoms with van der Waals surface area (Å²) in [5.41, 5.74) is 1.05. The summed E-state index contributed by atoms with van der Waals surface area (Å²) < 4.78 is 40.0. The predicted octanol–water partition coefficient (Wildman–Crippen LogP) is 3.75. The van der Waals surface area contributed by atoms with E-state index in [1.54, 1.807) is 54.5 Å². The lowest BCUT2D eigenvalue weighted by atomic mass is 10.1. The molecule has 0 aromatic heterocycles. The van der Waals surface area contributed by atoms with Gasteiger partial charge < -0.3 is 18.6 Å². The van der Waals surface area contributed by atoms with Crippen LogP contribution in [0.1, 0.15) is 29.8 Å². The smallest absolute Gasteiger partial charge is 0.311 e. The summed E-state index contributed by atoms with van der Waals surface area (Å²) in [6.07, 6.45) is 0. The molecule has 0 heterocycles. The molecule has 7 nitrogen and oxygen atoms in total. The Morgan fingerprint density at radius 2 is 1.80 bits per heavy atom. The summed E-state index contributed by atoms with van der Waals surface area (Å²) in [4.78, 5) is 14.6. The minimum atomic E-state index is -3.81.